The van der Waals surface area contributed by atoms with Crippen LogP contribution in [-0.4, -0.2) is 70.3 Å². The zero-order valence-corrected chi connectivity index (χ0v) is 23.1. The van der Waals surface area contributed by atoms with Crippen LogP contribution in [0.15, 0.2) is 18.2 Å². The molecule has 0 bridgehead atoms. The number of amides is 2. The summed E-state index contributed by atoms with van der Waals surface area (Å²) < 4.78 is 28.5. The van der Waals surface area contributed by atoms with Crippen molar-refractivity contribution in [2.75, 3.05) is 26.2 Å². The maximum atomic E-state index is 14.9. The number of carbonyl (C=O) groups is 2. The third kappa shape index (κ3) is 4.49. The molecule has 5 nitrogen and oxygen atoms in total. The maximum absolute atomic E-state index is 14.9. The number of piperidine rings is 1. The summed E-state index contributed by atoms with van der Waals surface area (Å²) in [7, 11) is 0. The van der Waals surface area contributed by atoms with Crippen LogP contribution in [0.2, 0.25) is 0 Å². The minimum atomic E-state index is -0.603. The second-order valence-electron chi connectivity index (χ2n) is 13.2. The van der Waals surface area contributed by atoms with Gasteiger partial charge >= 0.3 is 0 Å². The lowest BCUT2D eigenvalue weighted by Crippen LogP contribution is -2.51. The largest absolute Gasteiger partial charge is 0.342 e. The summed E-state index contributed by atoms with van der Waals surface area (Å²) in [6.07, 6.45) is 5.99. The van der Waals surface area contributed by atoms with Crippen molar-refractivity contribution in [3.05, 3.63) is 35.4 Å². The molecule has 1 aromatic carbocycles. The number of fused-ring (bicyclic) bond motifs is 2. The van der Waals surface area contributed by atoms with Gasteiger partial charge in [-0.15, -0.1) is 0 Å². The molecule has 3 unspecified atom stereocenters. The first-order chi connectivity index (χ1) is 17.4. The van der Waals surface area contributed by atoms with Gasteiger partial charge in [-0.3, -0.25) is 14.5 Å². The van der Waals surface area contributed by atoms with E-state index in [4.69, 9.17) is 0 Å². The minimum absolute atomic E-state index is 0.0432. The number of hydrogen-bond donors (Lipinski definition) is 0. The molecule has 1 aromatic rings. The van der Waals surface area contributed by atoms with E-state index in [1.165, 1.54) is 25.0 Å². The third-order valence-electron chi connectivity index (χ3n) is 9.93. The fourth-order valence-electron chi connectivity index (χ4n) is 7.94. The van der Waals surface area contributed by atoms with Gasteiger partial charge in [-0.25, -0.2) is 8.78 Å². The van der Waals surface area contributed by atoms with E-state index >= 15 is 0 Å². The Morgan fingerprint density at radius 3 is 2.35 bits per heavy atom. The summed E-state index contributed by atoms with van der Waals surface area (Å²) >= 11 is 0. The summed E-state index contributed by atoms with van der Waals surface area (Å²) in [4.78, 5) is 34.1. The normalized spacial score (nSPS) is 30.4. The van der Waals surface area contributed by atoms with Gasteiger partial charge in [-0.1, -0.05) is 18.9 Å². The lowest BCUT2D eigenvalue weighted by atomic mass is 9.64. The van der Waals surface area contributed by atoms with Crippen LogP contribution in [0.1, 0.15) is 84.6 Å². The molecule has 5 rings (SSSR count). The number of rotatable bonds is 3. The molecule has 2 amide bonds. The van der Waals surface area contributed by atoms with Crippen molar-refractivity contribution in [2.45, 2.75) is 96.7 Å². The Labute approximate surface area is 220 Å². The Morgan fingerprint density at radius 1 is 1.05 bits per heavy atom. The lowest BCUT2D eigenvalue weighted by molar-refractivity contribution is -0.146. The van der Waals surface area contributed by atoms with Crippen LogP contribution < -0.4 is 0 Å². The standard InChI is InChI=1S/C30H43F2N3O2/c1-19(2)35-26-9-7-6-8-24(26)30(28(35)37)12-14-33(15-13-30)27(36)23-18-34(29(3,4)5)17-22(23)21-11-10-20(31)16-25(21)32/h10-11,16,19,22-24,26H,6-9,12-15,17-18H2,1-5H3/t22-,23?,24?,26?/m0/s1. The number of nitrogens with zero attached hydrogens (tertiary/aromatic N) is 3. The van der Waals surface area contributed by atoms with E-state index in [1.807, 2.05) is 4.90 Å². The van der Waals surface area contributed by atoms with Crippen LogP contribution in [0, 0.1) is 28.9 Å². The molecule has 4 aliphatic rings. The fraction of sp³-hybridized carbons (Fsp3) is 0.733. The van der Waals surface area contributed by atoms with Gasteiger partial charge < -0.3 is 9.80 Å². The van der Waals surface area contributed by atoms with Crippen LogP contribution in [0.3, 0.4) is 0 Å². The minimum Gasteiger partial charge on any atom is -0.342 e. The topological polar surface area (TPSA) is 43.9 Å². The molecule has 7 heteroatoms. The zero-order chi connectivity index (χ0) is 26.7. The van der Waals surface area contributed by atoms with Crippen LogP contribution in [0.4, 0.5) is 8.78 Å². The molecule has 3 aliphatic heterocycles. The van der Waals surface area contributed by atoms with E-state index in [9.17, 15) is 18.4 Å². The van der Waals surface area contributed by atoms with Gasteiger partial charge in [0, 0.05) is 55.8 Å². The highest BCUT2D eigenvalue weighted by molar-refractivity contribution is 5.87. The molecule has 0 aromatic heterocycles. The van der Waals surface area contributed by atoms with Crippen molar-refractivity contribution < 1.29 is 18.4 Å². The molecular formula is C30H43F2N3O2. The molecule has 4 atom stereocenters. The molecule has 0 N–H and O–H groups in total. The van der Waals surface area contributed by atoms with Crippen LogP contribution >= 0.6 is 0 Å². The summed E-state index contributed by atoms with van der Waals surface area (Å²) in [6, 6.07) is 4.26. The molecular weight excluding hydrogens is 472 g/mol. The van der Waals surface area contributed by atoms with Crippen LogP contribution in [-0.2, 0) is 9.59 Å². The van der Waals surface area contributed by atoms with Crippen LogP contribution in [0.5, 0.6) is 0 Å². The summed E-state index contributed by atoms with van der Waals surface area (Å²) in [5.74, 6) is -1.16. The first-order valence-corrected chi connectivity index (χ1v) is 14.3. The highest BCUT2D eigenvalue weighted by atomic mass is 19.1. The van der Waals surface area contributed by atoms with Crippen LogP contribution in [0.25, 0.3) is 0 Å². The molecule has 1 spiro atoms. The smallest absolute Gasteiger partial charge is 0.229 e. The average Bonchev–Trinajstić information content (AvgIpc) is 3.38. The van der Waals surface area contributed by atoms with E-state index in [-0.39, 0.29) is 34.7 Å². The molecule has 4 fully saturated rings. The van der Waals surface area contributed by atoms with E-state index in [0.717, 1.165) is 18.9 Å². The maximum Gasteiger partial charge on any atom is 0.229 e. The number of likely N-dealkylation sites (tertiary alicyclic amines) is 3. The van der Waals surface area contributed by atoms with E-state index < -0.39 is 11.6 Å². The fourth-order valence-corrected chi connectivity index (χ4v) is 7.94. The third-order valence-corrected chi connectivity index (χ3v) is 9.93. The first kappa shape index (κ1) is 26.6. The molecule has 3 heterocycles. The Bertz CT molecular complexity index is 1040. The summed E-state index contributed by atoms with van der Waals surface area (Å²) in [5.41, 5.74) is -0.0899. The van der Waals surface area contributed by atoms with E-state index in [1.54, 1.807) is 0 Å². The van der Waals surface area contributed by atoms with E-state index in [0.29, 0.717) is 62.5 Å². The molecule has 204 valence electrons. The number of halogens is 2. The van der Waals surface area contributed by atoms with Crippen molar-refractivity contribution in [2.24, 2.45) is 17.3 Å². The summed E-state index contributed by atoms with van der Waals surface area (Å²) in [6.45, 7) is 12.8. The highest BCUT2D eigenvalue weighted by Crippen LogP contribution is 2.54. The first-order valence-electron chi connectivity index (χ1n) is 14.3. The molecule has 1 aliphatic carbocycles. The van der Waals surface area contributed by atoms with Gasteiger partial charge in [-0.2, -0.15) is 0 Å². The predicted octanol–water partition coefficient (Wildman–Crippen LogP) is 5.20. The molecule has 0 radical (unpaired) electrons. The molecule has 1 saturated carbocycles. The molecule has 37 heavy (non-hydrogen) atoms. The summed E-state index contributed by atoms with van der Waals surface area (Å²) in [5, 5.41) is 0. The van der Waals surface area contributed by atoms with Gasteiger partial charge in [0.15, 0.2) is 0 Å². The second kappa shape index (κ2) is 9.62. The van der Waals surface area contributed by atoms with Gasteiger partial charge in [0.1, 0.15) is 11.6 Å². The molecule has 3 saturated heterocycles. The average molecular weight is 516 g/mol. The van der Waals surface area contributed by atoms with E-state index in [2.05, 4.69) is 44.4 Å². The van der Waals surface area contributed by atoms with Gasteiger partial charge in [0.2, 0.25) is 11.8 Å². The Morgan fingerprint density at radius 2 is 1.73 bits per heavy atom. The van der Waals surface area contributed by atoms with Crippen molar-refractivity contribution in [3.8, 4) is 0 Å². The lowest BCUT2D eigenvalue weighted by Gasteiger charge is -2.43. The van der Waals surface area contributed by atoms with Gasteiger partial charge in [0.25, 0.3) is 0 Å². The number of hydrogen-bond acceptors (Lipinski definition) is 3. The SMILES string of the molecule is CC(C)N1C(=O)C2(CCN(C(=O)C3CN(C(C)(C)C)C[C@H]3c3ccc(F)cc3F)CC2)C2CCCCC21. The van der Waals surface area contributed by atoms with Crippen molar-refractivity contribution >= 4 is 11.8 Å². The Hall–Kier alpha value is -2.02. The number of carbonyl (C=O) groups excluding carboxylic acids is 2. The predicted molar refractivity (Wildman–Crippen MR) is 140 cm³/mol. The van der Waals surface area contributed by atoms with Gasteiger partial charge in [0.05, 0.1) is 11.3 Å². The second-order valence-corrected chi connectivity index (χ2v) is 13.2. The van der Waals surface area contributed by atoms with Crippen molar-refractivity contribution in [3.63, 3.8) is 0 Å². The number of benzene rings is 1. The quantitative estimate of drug-likeness (QED) is 0.556. The Balaban J connectivity index is 1.36. The monoisotopic (exact) mass is 515 g/mol. The Kier molecular flexibility index (Phi) is 6.91. The van der Waals surface area contributed by atoms with Gasteiger partial charge in [-0.05, 0) is 77.8 Å². The van der Waals surface area contributed by atoms with Crippen molar-refractivity contribution in [1.82, 2.24) is 14.7 Å². The van der Waals surface area contributed by atoms with Crippen molar-refractivity contribution in [1.29, 1.82) is 0 Å². The highest BCUT2D eigenvalue weighted by Gasteiger charge is 2.60. The zero-order valence-electron chi connectivity index (χ0n) is 23.1.